The van der Waals surface area contributed by atoms with Crippen LogP contribution >= 0.6 is 11.8 Å². The third kappa shape index (κ3) is 6.94. The summed E-state index contributed by atoms with van der Waals surface area (Å²) in [5, 5.41) is 19.5. The first-order valence-corrected chi connectivity index (χ1v) is 10.8. The lowest BCUT2D eigenvalue weighted by Crippen LogP contribution is -2.23. The Kier molecular flexibility index (Phi) is 8.69. The highest BCUT2D eigenvalue weighted by Gasteiger charge is 2.29. The number of para-hydroxylation sites is 1. The van der Waals surface area contributed by atoms with E-state index in [9.17, 15) is 10.2 Å². The molecule has 2 aromatic rings. The summed E-state index contributed by atoms with van der Waals surface area (Å²) in [5.41, 5.74) is 4.64. The molecular formula is C25H36O2S. The average Bonchev–Trinajstić information content (AvgIpc) is 2.57. The lowest BCUT2D eigenvalue weighted by atomic mass is 9.73. The van der Waals surface area contributed by atoms with Gasteiger partial charge in [-0.05, 0) is 41.0 Å². The molecule has 2 aromatic carbocycles. The second kappa shape index (κ2) is 10.1. The van der Waals surface area contributed by atoms with Crippen molar-refractivity contribution in [1.29, 1.82) is 0 Å². The van der Waals surface area contributed by atoms with Crippen molar-refractivity contribution in [3.05, 3.63) is 71.3 Å². The van der Waals surface area contributed by atoms with Crippen molar-refractivity contribution in [3.8, 4) is 11.5 Å². The second-order valence-electron chi connectivity index (χ2n) is 9.08. The quantitative estimate of drug-likeness (QED) is 0.424. The molecule has 0 unspecified atom stereocenters. The van der Waals surface area contributed by atoms with Gasteiger partial charge in [0.25, 0.3) is 0 Å². The van der Waals surface area contributed by atoms with E-state index < -0.39 is 0 Å². The first-order valence-electron chi connectivity index (χ1n) is 9.68. The maximum Gasteiger partial charge on any atom is 0.119 e. The molecule has 0 aliphatic heterocycles. The van der Waals surface area contributed by atoms with Crippen LogP contribution in [0.25, 0.3) is 0 Å². The predicted molar refractivity (Wildman–Crippen MR) is 125 cm³/mol. The van der Waals surface area contributed by atoms with Crippen LogP contribution in [0.4, 0.5) is 0 Å². The third-order valence-electron chi connectivity index (χ3n) is 4.38. The Hall–Kier alpha value is -1.87. The van der Waals surface area contributed by atoms with E-state index in [0.29, 0.717) is 11.5 Å². The highest BCUT2D eigenvalue weighted by Crippen LogP contribution is 2.40. The fourth-order valence-corrected chi connectivity index (χ4v) is 4.06. The molecule has 0 spiro atoms. The zero-order valence-electron chi connectivity index (χ0n) is 18.5. The standard InChI is InChI=1S/C15H24O.C10H12OS/c1-10-8-9-11(16)13(15(5,6)7)12(10)14(2,3)4;1-2-7-12-8-9-5-3-4-6-10(9)11/h8-9,16H,1-7H3;2-6,11H,1,7-8H2. The fourth-order valence-electron chi connectivity index (χ4n) is 3.31. The van der Waals surface area contributed by atoms with Crippen LogP contribution in [-0.4, -0.2) is 16.0 Å². The first-order chi connectivity index (χ1) is 12.9. The van der Waals surface area contributed by atoms with Crippen LogP contribution in [-0.2, 0) is 16.6 Å². The van der Waals surface area contributed by atoms with Gasteiger partial charge in [0.1, 0.15) is 11.5 Å². The molecule has 0 aliphatic rings. The molecule has 0 aliphatic carbocycles. The third-order valence-corrected chi connectivity index (χ3v) is 5.36. The number of aromatic hydroxyl groups is 2. The summed E-state index contributed by atoms with van der Waals surface area (Å²) < 4.78 is 0. The van der Waals surface area contributed by atoms with Crippen molar-refractivity contribution in [1.82, 2.24) is 0 Å². The predicted octanol–water partition coefficient (Wildman–Crippen LogP) is 7.11. The Balaban J connectivity index is 0.000000292. The van der Waals surface area contributed by atoms with Gasteiger partial charge in [-0.15, -0.1) is 6.58 Å². The summed E-state index contributed by atoms with van der Waals surface area (Å²) >= 11 is 1.74. The molecule has 0 bridgehead atoms. The molecule has 3 heteroatoms. The number of phenolic OH excluding ortho intramolecular Hbond substituents is 2. The van der Waals surface area contributed by atoms with Crippen LogP contribution in [0.5, 0.6) is 11.5 Å². The summed E-state index contributed by atoms with van der Waals surface area (Å²) in [5.74, 6) is 2.57. The van der Waals surface area contributed by atoms with Crippen LogP contribution in [0.1, 0.15) is 63.8 Å². The molecule has 28 heavy (non-hydrogen) atoms. The van der Waals surface area contributed by atoms with Gasteiger partial charge in [-0.2, -0.15) is 11.8 Å². The number of phenols is 2. The van der Waals surface area contributed by atoms with Gasteiger partial charge in [0.15, 0.2) is 0 Å². The number of thioether (sulfide) groups is 1. The molecule has 2 N–H and O–H groups in total. The van der Waals surface area contributed by atoms with E-state index in [2.05, 4.69) is 55.0 Å². The van der Waals surface area contributed by atoms with Crippen molar-refractivity contribution < 1.29 is 10.2 Å². The van der Waals surface area contributed by atoms with Gasteiger partial charge < -0.3 is 10.2 Å². The number of hydrogen-bond acceptors (Lipinski definition) is 3. The minimum Gasteiger partial charge on any atom is -0.508 e. The molecule has 0 amide bonds. The first kappa shape index (κ1) is 24.2. The smallest absolute Gasteiger partial charge is 0.119 e. The molecule has 0 saturated carbocycles. The van der Waals surface area contributed by atoms with Crippen molar-refractivity contribution in [2.24, 2.45) is 0 Å². The van der Waals surface area contributed by atoms with E-state index >= 15 is 0 Å². The summed E-state index contributed by atoms with van der Waals surface area (Å²) in [7, 11) is 0. The normalized spacial score (nSPS) is 11.5. The lowest BCUT2D eigenvalue weighted by molar-refractivity contribution is 0.434. The van der Waals surface area contributed by atoms with E-state index in [4.69, 9.17) is 0 Å². The van der Waals surface area contributed by atoms with Crippen molar-refractivity contribution in [3.63, 3.8) is 0 Å². The van der Waals surface area contributed by atoms with Crippen LogP contribution in [0.15, 0.2) is 49.1 Å². The molecule has 0 aromatic heterocycles. The molecule has 2 rings (SSSR count). The van der Waals surface area contributed by atoms with E-state index in [0.717, 1.165) is 22.6 Å². The van der Waals surface area contributed by atoms with E-state index in [1.165, 1.54) is 11.1 Å². The number of hydrogen-bond donors (Lipinski definition) is 2. The number of benzene rings is 2. The van der Waals surface area contributed by atoms with Crippen molar-refractivity contribution >= 4 is 11.8 Å². The van der Waals surface area contributed by atoms with Gasteiger partial charge in [-0.3, -0.25) is 0 Å². The average molecular weight is 401 g/mol. The van der Waals surface area contributed by atoms with Gasteiger partial charge >= 0.3 is 0 Å². The van der Waals surface area contributed by atoms with E-state index in [1.807, 2.05) is 36.4 Å². The molecular weight excluding hydrogens is 364 g/mol. The Bertz CT molecular complexity index is 741. The molecule has 0 radical (unpaired) electrons. The highest BCUT2D eigenvalue weighted by molar-refractivity contribution is 7.98. The zero-order chi connectivity index (χ0) is 21.5. The molecule has 154 valence electrons. The number of aryl methyl sites for hydroxylation is 1. The van der Waals surface area contributed by atoms with E-state index in [1.54, 1.807) is 17.8 Å². The Morgan fingerprint density at radius 1 is 0.857 bits per heavy atom. The molecule has 0 atom stereocenters. The molecule has 2 nitrogen and oxygen atoms in total. The summed E-state index contributed by atoms with van der Waals surface area (Å²) in [6, 6.07) is 11.2. The molecule has 0 heterocycles. The molecule has 0 saturated heterocycles. The largest absolute Gasteiger partial charge is 0.508 e. The van der Waals surface area contributed by atoms with Crippen LogP contribution in [0, 0.1) is 6.92 Å². The SMILES string of the molecule is C=CCSCc1ccccc1O.Cc1ccc(O)c(C(C)(C)C)c1C(C)(C)C. The minimum absolute atomic E-state index is 0.0291. The Morgan fingerprint density at radius 3 is 1.89 bits per heavy atom. The fraction of sp³-hybridized carbons (Fsp3) is 0.440. The van der Waals surface area contributed by atoms with Crippen LogP contribution in [0.2, 0.25) is 0 Å². The zero-order valence-corrected chi connectivity index (χ0v) is 19.3. The van der Waals surface area contributed by atoms with Gasteiger partial charge in [0.05, 0.1) is 0 Å². The van der Waals surface area contributed by atoms with Gasteiger partial charge in [-0.1, -0.05) is 71.9 Å². The molecule has 0 fully saturated rings. The van der Waals surface area contributed by atoms with Gasteiger partial charge in [0.2, 0.25) is 0 Å². The topological polar surface area (TPSA) is 40.5 Å². The summed E-state index contributed by atoms with van der Waals surface area (Å²) in [6.45, 7) is 18.8. The Morgan fingerprint density at radius 2 is 1.43 bits per heavy atom. The van der Waals surface area contributed by atoms with Crippen molar-refractivity contribution in [2.45, 2.75) is 65.0 Å². The van der Waals surface area contributed by atoms with Crippen molar-refractivity contribution in [2.75, 3.05) is 5.75 Å². The number of rotatable bonds is 4. The Labute approximate surface area is 175 Å². The monoisotopic (exact) mass is 400 g/mol. The van der Waals surface area contributed by atoms with Gasteiger partial charge in [0, 0.05) is 22.6 Å². The van der Waals surface area contributed by atoms with Gasteiger partial charge in [-0.25, -0.2) is 0 Å². The summed E-state index contributed by atoms with van der Waals surface area (Å²) in [4.78, 5) is 0. The van der Waals surface area contributed by atoms with Crippen LogP contribution < -0.4 is 0 Å². The lowest BCUT2D eigenvalue weighted by Gasteiger charge is -2.32. The maximum atomic E-state index is 10.1. The second-order valence-corrected chi connectivity index (χ2v) is 10.1. The van der Waals surface area contributed by atoms with Crippen LogP contribution in [0.3, 0.4) is 0 Å². The van der Waals surface area contributed by atoms with E-state index in [-0.39, 0.29) is 10.8 Å². The highest BCUT2D eigenvalue weighted by atomic mass is 32.2. The summed E-state index contributed by atoms with van der Waals surface area (Å²) in [6.07, 6.45) is 1.87. The minimum atomic E-state index is -0.0291. The maximum absolute atomic E-state index is 10.1.